The number of aromatic nitrogens is 2. The molecule has 8 nitrogen and oxygen atoms in total. The van der Waals surface area contributed by atoms with Crippen molar-refractivity contribution in [3.63, 3.8) is 0 Å². The van der Waals surface area contributed by atoms with Gasteiger partial charge in [0.2, 0.25) is 5.91 Å². The van der Waals surface area contributed by atoms with E-state index in [2.05, 4.69) is 30.9 Å². The molecule has 0 spiro atoms. The maximum atomic E-state index is 13.4. The molecule has 0 saturated carbocycles. The van der Waals surface area contributed by atoms with Gasteiger partial charge in [0.25, 0.3) is 6.43 Å². The van der Waals surface area contributed by atoms with Gasteiger partial charge in [-0.05, 0) is 48.4 Å². The molecule has 0 aliphatic carbocycles. The number of hydrogen-bond donors (Lipinski definition) is 4. The number of anilines is 1. The second-order valence-corrected chi connectivity index (χ2v) is 7.65. The van der Waals surface area contributed by atoms with Crippen LogP contribution in [0, 0.1) is 11.2 Å². The Bertz CT molecular complexity index is 903. The van der Waals surface area contributed by atoms with Crippen LogP contribution in [-0.4, -0.2) is 46.4 Å². The van der Waals surface area contributed by atoms with Crippen LogP contribution in [0.15, 0.2) is 27.9 Å². The first-order chi connectivity index (χ1) is 13.8. The summed E-state index contributed by atoms with van der Waals surface area (Å²) in [5, 5.41) is 24.2. The molecule has 4 N–H and O–H groups in total. The Labute approximate surface area is 168 Å². The summed E-state index contributed by atoms with van der Waals surface area (Å²) in [6.07, 6.45) is -2.19. The zero-order valence-electron chi connectivity index (χ0n) is 15.4. The van der Waals surface area contributed by atoms with Crippen LogP contribution in [0.4, 0.5) is 18.9 Å². The molecule has 1 fully saturated rings. The maximum Gasteiger partial charge on any atom is 0.266 e. The summed E-state index contributed by atoms with van der Waals surface area (Å²) >= 11 is 1.22. The molecule has 2 heterocycles. The topological polar surface area (TPSA) is 116 Å². The van der Waals surface area contributed by atoms with Crippen LogP contribution in [0.25, 0.3) is 0 Å². The third kappa shape index (κ3) is 4.88. The minimum absolute atomic E-state index is 0.0802. The SMILES string of the molecule is CC1(C(=O)NCCSc2nonc2C(=N)Nc2ccc(F)c(C(F)F)c2)CCN1. The number of nitrogens with one attached hydrogen (secondary N) is 4. The Balaban J connectivity index is 1.54. The molecule has 1 aromatic carbocycles. The Kier molecular flexibility index (Phi) is 6.42. The van der Waals surface area contributed by atoms with Crippen molar-refractivity contribution in [2.24, 2.45) is 0 Å². The van der Waals surface area contributed by atoms with Crippen molar-refractivity contribution in [3.8, 4) is 0 Å². The normalized spacial score (nSPS) is 18.4. The number of carbonyl (C=O) groups excluding carboxylic acids is 1. The molecule has 3 rings (SSSR count). The van der Waals surface area contributed by atoms with E-state index in [0.717, 1.165) is 25.1 Å². The van der Waals surface area contributed by atoms with E-state index in [0.29, 0.717) is 17.3 Å². The van der Waals surface area contributed by atoms with Crippen molar-refractivity contribution in [1.29, 1.82) is 5.41 Å². The quantitative estimate of drug-likeness (QED) is 0.221. The summed E-state index contributed by atoms with van der Waals surface area (Å²) in [6, 6.07) is 3.06. The zero-order chi connectivity index (χ0) is 21.0. The number of thioether (sulfide) groups is 1. The van der Waals surface area contributed by atoms with Crippen molar-refractivity contribution in [2.75, 3.05) is 24.2 Å². The average molecular weight is 428 g/mol. The van der Waals surface area contributed by atoms with E-state index in [4.69, 9.17) is 5.41 Å². The van der Waals surface area contributed by atoms with Crippen molar-refractivity contribution in [1.82, 2.24) is 20.9 Å². The number of benzene rings is 1. The fraction of sp³-hybridized carbons (Fsp3) is 0.412. The Morgan fingerprint density at radius 1 is 1.45 bits per heavy atom. The molecule has 0 radical (unpaired) electrons. The molecule has 1 amide bonds. The second-order valence-electron chi connectivity index (χ2n) is 6.57. The molecule has 156 valence electrons. The van der Waals surface area contributed by atoms with Gasteiger partial charge in [-0.2, -0.15) is 0 Å². The molecule has 2 aromatic rings. The highest BCUT2D eigenvalue weighted by Crippen LogP contribution is 2.26. The van der Waals surface area contributed by atoms with E-state index in [1.807, 2.05) is 6.92 Å². The fourth-order valence-electron chi connectivity index (χ4n) is 2.62. The maximum absolute atomic E-state index is 13.4. The molecule has 1 atom stereocenters. The van der Waals surface area contributed by atoms with Gasteiger partial charge < -0.3 is 16.0 Å². The van der Waals surface area contributed by atoms with Crippen LogP contribution in [0.3, 0.4) is 0 Å². The van der Waals surface area contributed by atoms with Gasteiger partial charge in [-0.15, -0.1) is 0 Å². The van der Waals surface area contributed by atoms with Crippen LogP contribution in [-0.2, 0) is 4.79 Å². The van der Waals surface area contributed by atoms with Crippen molar-refractivity contribution >= 4 is 29.2 Å². The lowest BCUT2D eigenvalue weighted by atomic mass is 9.89. The number of rotatable bonds is 8. The molecule has 12 heteroatoms. The van der Waals surface area contributed by atoms with Crippen LogP contribution in [0.2, 0.25) is 0 Å². The van der Waals surface area contributed by atoms with E-state index in [-0.39, 0.29) is 23.1 Å². The summed E-state index contributed by atoms with van der Waals surface area (Å²) in [5.41, 5.74) is -1.10. The number of nitrogens with zero attached hydrogens (tertiary/aromatic N) is 2. The first-order valence-corrected chi connectivity index (χ1v) is 9.71. The lowest BCUT2D eigenvalue weighted by molar-refractivity contribution is -0.129. The molecule has 1 aliphatic rings. The number of alkyl halides is 2. The second kappa shape index (κ2) is 8.82. The lowest BCUT2D eigenvalue weighted by Crippen LogP contribution is -2.63. The van der Waals surface area contributed by atoms with Crippen molar-refractivity contribution in [3.05, 3.63) is 35.3 Å². The monoisotopic (exact) mass is 428 g/mol. The molecule has 1 unspecified atom stereocenters. The lowest BCUT2D eigenvalue weighted by Gasteiger charge is -2.38. The highest BCUT2D eigenvalue weighted by Gasteiger charge is 2.38. The van der Waals surface area contributed by atoms with Crippen LogP contribution < -0.4 is 16.0 Å². The van der Waals surface area contributed by atoms with E-state index < -0.39 is 23.3 Å². The molecular weight excluding hydrogens is 409 g/mol. The summed E-state index contributed by atoms with van der Waals surface area (Å²) in [5.74, 6) is -0.883. The van der Waals surface area contributed by atoms with Crippen LogP contribution >= 0.6 is 11.8 Å². The minimum atomic E-state index is -2.97. The third-order valence-electron chi connectivity index (χ3n) is 4.46. The van der Waals surface area contributed by atoms with Gasteiger partial charge >= 0.3 is 0 Å². The van der Waals surface area contributed by atoms with Gasteiger partial charge in [0.1, 0.15) is 5.82 Å². The number of amides is 1. The van der Waals surface area contributed by atoms with E-state index in [1.165, 1.54) is 17.8 Å². The molecular formula is C17H19F3N6O2S. The smallest absolute Gasteiger partial charge is 0.266 e. The standard InChI is InChI=1S/C17H19F3N6O2S/c1-17(4-5-23-17)16(27)22-6-7-29-15-12(25-28-26-15)14(21)24-9-2-3-11(18)10(8-9)13(19)20/h2-3,8,13,23H,4-7H2,1H3,(H2,21,24)(H,22,27). The summed E-state index contributed by atoms with van der Waals surface area (Å²) in [4.78, 5) is 12.0. The van der Waals surface area contributed by atoms with Gasteiger partial charge in [-0.1, -0.05) is 11.8 Å². The number of carbonyl (C=O) groups is 1. The molecule has 0 bridgehead atoms. The third-order valence-corrected chi connectivity index (χ3v) is 5.41. The first kappa shape index (κ1) is 21.1. The van der Waals surface area contributed by atoms with E-state index in [1.54, 1.807) is 0 Å². The number of amidine groups is 1. The highest BCUT2D eigenvalue weighted by molar-refractivity contribution is 7.99. The molecule has 1 aromatic heterocycles. The summed E-state index contributed by atoms with van der Waals surface area (Å²) < 4.78 is 43.7. The predicted octanol–water partition coefficient (Wildman–Crippen LogP) is 2.54. The van der Waals surface area contributed by atoms with Crippen LogP contribution in [0.1, 0.15) is 31.0 Å². The van der Waals surface area contributed by atoms with Crippen molar-refractivity contribution in [2.45, 2.75) is 30.3 Å². The molecule has 1 saturated heterocycles. The van der Waals surface area contributed by atoms with Gasteiger partial charge in [-0.3, -0.25) is 10.2 Å². The largest absolute Gasteiger partial charge is 0.354 e. The van der Waals surface area contributed by atoms with Gasteiger partial charge in [0, 0.05) is 18.0 Å². The van der Waals surface area contributed by atoms with Gasteiger partial charge in [0.15, 0.2) is 16.6 Å². The Morgan fingerprint density at radius 3 is 2.86 bits per heavy atom. The van der Waals surface area contributed by atoms with Gasteiger partial charge in [-0.25, -0.2) is 17.8 Å². The number of halogens is 3. The van der Waals surface area contributed by atoms with Gasteiger partial charge in [0.05, 0.1) is 11.1 Å². The molecule has 29 heavy (non-hydrogen) atoms. The summed E-state index contributed by atoms with van der Waals surface area (Å²) in [7, 11) is 0. The van der Waals surface area contributed by atoms with Crippen LogP contribution in [0.5, 0.6) is 0 Å². The Hall–Kier alpha value is -2.60. The minimum Gasteiger partial charge on any atom is -0.354 e. The number of hydrogen-bond acceptors (Lipinski definition) is 7. The zero-order valence-corrected chi connectivity index (χ0v) is 16.2. The highest BCUT2D eigenvalue weighted by atomic mass is 32.2. The van der Waals surface area contributed by atoms with E-state index in [9.17, 15) is 18.0 Å². The summed E-state index contributed by atoms with van der Waals surface area (Å²) in [6.45, 7) is 3.03. The first-order valence-electron chi connectivity index (χ1n) is 8.72. The Morgan fingerprint density at radius 2 is 2.21 bits per heavy atom. The van der Waals surface area contributed by atoms with E-state index >= 15 is 0 Å². The van der Waals surface area contributed by atoms with Crippen molar-refractivity contribution < 1.29 is 22.6 Å². The molecule has 1 aliphatic heterocycles. The average Bonchev–Trinajstić information content (AvgIpc) is 3.13. The predicted molar refractivity (Wildman–Crippen MR) is 101 cm³/mol. The fourth-order valence-corrected chi connectivity index (χ4v) is 3.38.